The molecule has 0 bridgehead atoms. The van der Waals surface area contributed by atoms with Crippen molar-refractivity contribution >= 4 is 28.3 Å². The third kappa shape index (κ3) is 2.96. The zero-order valence-corrected chi connectivity index (χ0v) is 9.95. The van der Waals surface area contributed by atoms with Crippen molar-refractivity contribution in [2.45, 2.75) is 26.0 Å². The van der Waals surface area contributed by atoms with Crippen molar-refractivity contribution in [1.29, 1.82) is 0 Å². The van der Waals surface area contributed by atoms with Gasteiger partial charge in [0.1, 0.15) is 16.1 Å². The van der Waals surface area contributed by atoms with Crippen molar-refractivity contribution in [3.8, 4) is 0 Å². The van der Waals surface area contributed by atoms with Gasteiger partial charge in [-0.05, 0) is 32.4 Å². The molecule has 1 aromatic rings. The van der Waals surface area contributed by atoms with Gasteiger partial charge in [0.2, 0.25) is 0 Å². The average molecular weight is 233 g/mol. The van der Waals surface area contributed by atoms with Gasteiger partial charge in [0.15, 0.2) is 0 Å². The molecule has 0 saturated heterocycles. The van der Waals surface area contributed by atoms with Crippen molar-refractivity contribution in [2.75, 3.05) is 4.72 Å². The lowest BCUT2D eigenvalue weighted by Gasteiger charge is -2.08. The van der Waals surface area contributed by atoms with Crippen molar-refractivity contribution < 1.29 is 4.21 Å². The van der Waals surface area contributed by atoms with E-state index in [1.54, 1.807) is 6.20 Å². The minimum Gasteiger partial charge on any atom is -0.303 e. The predicted octanol–water partition coefficient (Wildman–Crippen LogP) is 2.53. The Bertz CT molecular complexity index is 355. The van der Waals surface area contributed by atoms with E-state index in [2.05, 4.69) is 9.71 Å². The van der Waals surface area contributed by atoms with Crippen LogP contribution in [-0.4, -0.2) is 14.4 Å². The standard InChI is InChI=1S/C9H13ClN2OS/c1-6(2)14(13)12-8-4-7(3)9(10)11-5-8/h4-6,12H,1-3H3. The Morgan fingerprint density at radius 3 is 2.71 bits per heavy atom. The largest absolute Gasteiger partial charge is 0.303 e. The monoisotopic (exact) mass is 232 g/mol. The maximum atomic E-state index is 11.4. The molecule has 1 N–H and O–H groups in total. The van der Waals surface area contributed by atoms with Crippen LogP contribution >= 0.6 is 11.6 Å². The van der Waals surface area contributed by atoms with E-state index in [0.29, 0.717) is 5.15 Å². The smallest absolute Gasteiger partial charge is 0.132 e. The molecule has 3 nitrogen and oxygen atoms in total. The van der Waals surface area contributed by atoms with Crippen LogP contribution in [0.1, 0.15) is 19.4 Å². The van der Waals surface area contributed by atoms with Crippen molar-refractivity contribution in [1.82, 2.24) is 4.98 Å². The Hall–Kier alpha value is -0.610. The molecule has 0 aliphatic heterocycles. The number of anilines is 1. The lowest BCUT2D eigenvalue weighted by atomic mass is 10.3. The van der Waals surface area contributed by atoms with Crippen molar-refractivity contribution in [2.24, 2.45) is 0 Å². The molecule has 0 saturated carbocycles. The molecule has 0 spiro atoms. The van der Waals surface area contributed by atoms with E-state index in [1.807, 2.05) is 26.8 Å². The van der Waals surface area contributed by atoms with Gasteiger partial charge in [-0.15, -0.1) is 0 Å². The summed E-state index contributed by atoms with van der Waals surface area (Å²) in [5.41, 5.74) is 1.61. The van der Waals surface area contributed by atoms with Crippen LogP contribution in [0.5, 0.6) is 0 Å². The molecule has 0 aliphatic rings. The maximum Gasteiger partial charge on any atom is 0.132 e. The van der Waals surface area contributed by atoms with Gasteiger partial charge in [-0.1, -0.05) is 11.6 Å². The van der Waals surface area contributed by atoms with Gasteiger partial charge >= 0.3 is 0 Å². The highest BCUT2D eigenvalue weighted by Gasteiger charge is 2.06. The van der Waals surface area contributed by atoms with Crippen LogP contribution in [0.15, 0.2) is 12.3 Å². The van der Waals surface area contributed by atoms with E-state index in [9.17, 15) is 4.21 Å². The summed E-state index contributed by atoms with van der Waals surface area (Å²) >= 11 is 5.76. The van der Waals surface area contributed by atoms with Gasteiger partial charge < -0.3 is 4.72 Å². The quantitative estimate of drug-likeness (QED) is 0.814. The first kappa shape index (κ1) is 11.5. The van der Waals surface area contributed by atoms with Crippen molar-refractivity contribution in [3.05, 3.63) is 23.0 Å². The molecule has 1 atom stereocenters. The third-order valence-corrected chi connectivity index (χ3v) is 3.35. The highest BCUT2D eigenvalue weighted by atomic mass is 35.5. The summed E-state index contributed by atoms with van der Waals surface area (Å²) < 4.78 is 14.3. The molecule has 1 aromatic heterocycles. The summed E-state index contributed by atoms with van der Waals surface area (Å²) in [6.45, 7) is 5.64. The Balaban J connectivity index is 2.78. The number of rotatable bonds is 3. The number of hydrogen-bond acceptors (Lipinski definition) is 2. The highest BCUT2D eigenvalue weighted by Crippen LogP contribution is 2.16. The Morgan fingerprint density at radius 2 is 2.21 bits per heavy atom. The number of hydrogen-bond donors (Lipinski definition) is 1. The molecule has 14 heavy (non-hydrogen) atoms. The zero-order chi connectivity index (χ0) is 10.7. The fraction of sp³-hybridized carbons (Fsp3) is 0.444. The second-order valence-corrected chi connectivity index (χ2v) is 5.38. The van der Waals surface area contributed by atoms with E-state index >= 15 is 0 Å². The molecular formula is C9H13ClN2OS. The van der Waals surface area contributed by atoms with Gasteiger partial charge in [0.05, 0.1) is 11.9 Å². The number of nitrogens with one attached hydrogen (secondary N) is 1. The van der Waals surface area contributed by atoms with E-state index < -0.39 is 11.0 Å². The Labute approximate surface area is 91.5 Å². The normalized spacial score (nSPS) is 12.9. The zero-order valence-electron chi connectivity index (χ0n) is 8.37. The van der Waals surface area contributed by atoms with Gasteiger partial charge in [-0.25, -0.2) is 9.19 Å². The summed E-state index contributed by atoms with van der Waals surface area (Å²) in [6, 6.07) is 1.83. The van der Waals surface area contributed by atoms with Crippen LogP contribution in [-0.2, 0) is 11.0 Å². The number of aryl methyl sites for hydroxylation is 1. The number of halogens is 1. The summed E-state index contributed by atoms with van der Waals surface area (Å²) in [4.78, 5) is 3.96. The van der Waals surface area contributed by atoms with Crippen molar-refractivity contribution in [3.63, 3.8) is 0 Å². The first-order valence-electron chi connectivity index (χ1n) is 4.30. The number of pyridine rings is 1. The molecular weight excluding hydrogens is 220 g/mol. The molecule has 5 heteroatoms. The topological polar surface area (TPSA) is 42.0 Å². The van der Waals surface area contributed by atoms with Gasteiger partial charge in [-0.2, -0.15) is 0 Å². The average Bonchev–Trinajstić information content (AvgIpc) is 2.11. The summed E-state index contributed by atoms with van der Waals surface area (Å²) in [5, 5.41) is 0.553. The molecule has 0 aliphatic carbocycles. The molecule has 0 radical (unpaired) electrons. The van der Waals surface area contributed by atoms with E-state index in [1.165, 1.54) is 0 Å². The molecule has 1 heterocycles. The van der Waals surface area contributed by atoms with E-state index in [4.69, 9.17) is 11.6 Å². The second kappa shape index (κ2) is 4.75. The van der Waals surface area contributed by atoms with E-state index in [0.717, 1.165) is 11.3 Å². The number of aromatic nitrogens is 1. The number of nitrogens with zero attached hydrogens (tertiary/aromatic N) is 1. The van der Waals surface area contributed by atoms with Crippen LogP contribution in [0, 0.1) is 6.92 Å². The minimum absolute atomic E-state index is 0.0750. The molecule has 1 rings (SSSR count). The van der Waals surface area contributed by atoms with Gasteiger partial charge in [0, 0.05) is 5.25 Å². The van der Waals surface area contributed by atoms with Gasteiger partial charge in [0.25, 0.3) is 0 Å². The third-order valence-electron chi connectivity index (χ3n) is 1.66. The first-order chi connectivity index (χ1) is 6.50. The lowest BCUT2D eigenvalue weighted by Crippen LogP contribution is -2.14. The maximum absolute atomic E-state index is 11.4. The molecule has 0 amide bonds. The fourth-order valence-electron chi connectivity index (χ4n) is 0.848. The predicted molar refractivity (Wildman–Crippen MR) is 60.9 cm³/mol. The first-order valence-corrected chi connectivity index (χ1v) is 5.89. The Kier molecular flexibility index (Phi) is 3.89. The molecule has 1 unspecified atom stereocenters. The lowest BCUT2D eigenvalue weighted by molar-refractivity contribution is 0.680. The van der Waals surface area contributed by atoms with Crippen LogP contribution in [0.3, 0.4) is 0 Å². The SMILES string of the molecule is Cc1cc(NS(=O)C(C)C)cnc1Cl. The van der Waals surface area contributed by atoms with Crippen LogP contribution in [0.2, 0.25) is 5.15 Å². The summed E-state index contributed by atoms with van der Waals surface area (Å²) in [7, 11) is -1.07. The highest BCUT2D eigenvalue weighted by molar-refractivity contribution is 7.86. The minimum atomic E-state index is -1.07. The summed E-state index contributed by atoms with van der Waals surface area (Å²) in [5.74, 6) is 0. The molecule has 0 aromatic carbocycles. The second-order valence-electron chi connectivity index (χ2n) is 3.28. The Morgan fingerprint density at radius 1 is 1.57 bits per heavy atom. The molecule has 78 valence electrons. The van der Waals surface area contributed by atoms with Crippen LogP contribution in [0.25, 0.3) is 0 Å². The van der Waals surface area contributed by atoms with Crippen LogP contribution in [0.4, 0.5) is 5.69 Å². The van der Waals surface area contributed by atoms with E-state index in [-0.39, 0.29) is 5.25 Å². The molecule has 0 fully saturated rings. The summed E-state index contributed by atoms with van der Waals surface area (Å²) in [6.07, 6.45) is 1.58. The van der Waals surface area contributed by atoms with Crippen LogP contribution < -0.4 is 4.72 Å². The fourth-order valence-corrected chi connectivity index (χ4v) is 1.53. The van der Waals surface area contributed by atoms with Gasteiger partial charge in [-0.3, -0.25) is 0 Å².